The van der Waals surface area contributed by atoms with Gasteiger partial charge < -0.3 is 14.2 Å². The van der Waals surface area contributed by atoms with Gasteiger partial charge in [-0.05, 0) is 24.0 Å². The molecule has 1 aliphatic rings. The van der Waals surface area contributed by atoms with Crippen LogP contribution in [0.1, 0.15) is 42.3 Å². The molecule has 156 valence electrons. The van der Waals surface area contributed by atoms with E-state index in [1.165, 1.54) is 0 Å². The lowest BCUT2D eigenvalue weighted by Crippen LogP contribution is -2.42. The summed E-state index contributed by atoms with van der Waals surface area (Å²) in [5.74, 6) is 0.433. The van der Waals surface area contributed by atoms with E-state index >= 15 is 0 Å². The van der Waals surface area contributed by atoms with Gasteiger partial charge in [0, 0.05) is 30.1 Å². The van der Waals surface area contributed by atoms with Crippen molar-refractivity contribution in [3.05, 3.63) is 82.3 Å². The molecule has 0 N–H and O–H groups in total. The molecule has 1 atom stereocenters. The van der Waals surface area contributed by atoms with E-state index in [4.69, 9.17) is 4.74 Å². The number of nitrogens with zero attached hydrogens (tertiary/aromatic N) is 2. The maximum atomic E-state index is 13.5. The number of hydrogen-bond donors (Lipinski definition) is 0. The lowest BCUT2D eigenvalue weighted by atomic mass is 10.0. The monoisotopic (exact) mass is 404 g/mol. The number of rotatable bonds is 5. The average molecular weight is 405 g/mol. The van der Waals surface area contributed by atoms with Crippen LogP contribution in [0.5, 0.6) is 0 Å². The van der Waals surface area contributed by atoms with E-state index in [0.29, 0.717) is 43.1 Å². The second kappa shape index (κ2) is 8.84. The third-order valence-corrected chi connectivity index (χ3v) is 5.70. The summed E-state index contributed by atoms with van der Waals surface area (Å²) in [5, 5.41) is 1.32. The highest BCUT2D eigenvalue weighted by Crippen LogP contribution is 2.25. The molecule has 0 bridgehead atoms. The lowest BCUT2D eigenvalue weighted by molar-refractivity contribution is -0.0227. The van der Waals surface area contributed by atoms with Gasteiger partial charge in [0.1, 0.15) is 6.10 Å². The number of aryl methyl sites for hydroxylation is 1. The second-order valence-corrected chi connectivity index (χ2v) is 8.29. The van der Waals surface area contributed by atoms with Crippen molar-refractivity contribution in [3.8, 4) is 0 Å². The summed E-state index contributed by atoms with van der Waals surface area (Å²) >= 11 is 0. The van der Waals surface area contributed by atoms with E-state index in [1.54, 1.807) is 10.8 Å². The SMILES string of the molecule is CC(C)CCn1cc(C(=O)N2CCO[C@H](c3ccccc3)C2)c2ccccc2c1=O. The standard InChI is InChI=1S/C25H28N2O3/c1-18(2)12-13-26-16-22(20-10-6-7-11-21(20)24(26)28)25(29)27-14-15-30-23(17-27)19-8-4-3-5-9-19/h3-11,16,18,23H,12-15,17H2,1-2H3/t23-/m0/s1. The van der Waals surface area contributed by atoms with Crippen LogP contribution < -0.4 is 5.56 Å². The summed E-state index contributed by atoms with van der Waals surface area (Å²) in [6.45, 7) is 6.42. The van der Waals surface area contributed by atoms with Gasteiger partial charge in [-0.2, -0.15) is 0 Å². The van der Waals surface area contributed by atoms with Gasteiger partial charge in [-0.3, -0.25) is 9.59 Å². The zero-order valence-electron chi connectivity index (χ0n) is 17.6. The number of fused-ring (bicyclic) bond motifs is 1. The summed E-state index contributed by atoms with van der Waals surface area (Å²) in [4.78, 5) is 28.3. The fourth-order valence-corrected chi connectivity index (χ4v) is 3.95. The number of pyridine rings is 1. The summed E-state index contributed by atoms with van der Waals surface area (Å²) in [7, 11) is 0. The fourth-order valence-electron chi connectivity index (χ4n) is 3.95. The number of aromatic nitrogens is 1. The Kier molecular flexibility index (Phi) is 6.00. The van der Waals surface area contributed by atoms with Gasteiger partial charge >= 0.3 is 0 Å². The third-order valence-electron chi connectivity index (χ3n) is 5.70. The Hall–Kier alpha value is -2.92. The number of carbonyl (C=O) groups is 1. The van der Waals surface area contributed by atoms with Crippen LogP contribution in [0.15, 0.2) is 65.6 Å². The van der Waals surface area contributed by atoms with Crippen LogP contribution in [0, 0.1) is 5.92 Å². The van der Waals surface area contributed by atoms with Crippen molar-refractivity contribution < 1.29 is 9.53 Å². The fraction of sp³-hybridized carbons (Fsp3) is 0.360. The summed E-state index contributed by atoms with van der Waals surface area (Å²) in [6.07, 6.45) is 2.50. The zero-order chi connectivity index (χ0) is 21.1. The number of amides is 1. The number of hydrogen-bond acceptors (Lipinski definition) is 3. The van der Waals surface area contributed by atoms with E-state index in [1.807, 2.05) is 59.5 Å². The van der Waals surface area contributed by atoms with Crippen molar-refractivity contribution >= 4 is 16.7 Å². The molecule has 0 aliphatic carbocycles. The van der Waals surface area contributed by atoms with Crippen molar-refractivity contribution in [2.45, 2.75) is 32.9 Å². The van der Waals surface area contributed by atoms with Crippen LogP contribution in [0.2, 0.25) is 0 Å². The smallest absolute Gasteiger partial charge is 0.258 e. The first kappa shape index (κ1) is 20.4. The van der Waals surface area contributed by atoms with Crippen LogP contribution in [0.3, 0.4) is 0 Å². The van der Waals surface area contributed by atoms with Crippen molar-refractivity contribution in [1.29, 1.82) is 0 Å². The Morgan fingerprint density at radius 1 is 1.07 bits per heavy atom. The van der Waals surface area contributed by atoms with Crippen LogP contribution >= 0.6 is 0 Å². The normalized spacial score (nSPS) is 16.9. The summed E-state index contributed by atoms with van der Waals surface area (Å²) in [5.41, 5.74) is 1.62. The maximum Gasteiger partial charge on any atom is 0.258 e. The first-order chi connectivity index (χ1) is 14.5. The molecule has 1 fully saturated rings. The molecule has 1 aliphatic heterocycles. The molecule has 1 amide bonds. The Balaban J connectivity index is 1.68. The van der Waals surface area contributed by atoms with Crippen molar-refractivity contribution in [2.24, 2.45) is 5.92 Å². The molecule has 3 aromatic rings. The molecule has 0 unspecified atom stereocenters. The van der Waals surface area contributed by atoms with Crippen molar-refractivity contribution in [1.82, 2.24) is 9.47 Å². The Bertz CT molecular complexity index is 1090. The molecule has 1 aromatic heterocycles. The first-order valence-electron chi connectivity index (χ1n) is 10.6. The number of morpholine rings is 1. The van der Waals surface area contributed by atoms with Crippen LogP contribution in [0.25, 0.3) is 10.8 Å². The number of ether oxygens (including phenoxy) is 1. The molecular weight excluding hydrogens is 376 g/mol. The number of carbonyl (C=O) groups excluding carboxylic acids is 1. The molecule has 4 rings (SSSR count). The van der Waals surface area contributed by atoms with Gasteiger partial charge in [-0.1, -0.05) is 62.4 Å². The molecule has 5 heteroatoms. The van der Waals surface area contributed by atoms with Crippen LogP contribution in [-0.2, 0) is 11.3 Å². The number of benzene rings is 2. The van der Waals surface area contributed by atoms with E-state index < -0.39 is 0 Å². The van der Waals surface area contributed by atoms with Gasteiger partial charge in [-0.15, -0.1) is 0 Å². The predicted molar refractivity (Wildman–Crippen MR) is 119 cm³/mol. The Labute approximate surface area is 176 Å². The minimum Gasteiger partial charge on any atom is -0.370 e. The van der Waals surface area contributed by atoms with Gasteiger partial charge in [-0.25, -0.2) is 0 Å². The lowest BCUT2D eigenvalue weighted by Gasteiger charge is -2.33. The highest BCUT2D eigenvalue weighted by atomic mass is 16.5. The molecule has 0 radical (unpaired) electrons. The summed E-state index contributed by atoms with van der Waals surface area (Å²) < 4.78 is 7.63. The molecule has 30 heavy (non-hydrogen) atoms. The molecular formula is C25H28N2O3. The van der Waals surface area contributed by atoms with Crippen molar-refractivity contribution in [2.75, 3.05) is 19.7 Å². The predicted octanol–water partition coefficient (Wildman–Crippen LogP) is 4.26. The Morgan fingerprint density at radius 2 is 1.77 bits per heavy atom. The third kappa shape index (κ3) is 4.17. The quantitative estimate of drug-likeness (QED) is 0.638. The molecule has 1 saturated heterocycles. The van der Waals surface area contributed by atoms with E-state index in [9.17, 15) is 9.59 Å². The second-order valence-electron chi connectivity index (χ2n) is 8.29. The van der Waals surface area contributed by atoms with Gasteiger partial charge in [0.05, 0.1) is 18.7 Å². The van der Waals surface area contributed by atoms with E-state index in [2.05, 4.69) is 13.8 Å². The van der Waals surface area contributed by atoms with Crippen molar-refractivity contribution in [3.63, 3.8) is 0 Å². The summed E-state index contributed by atoms with van der Waals surface area (Å²) in [6, 6.07) is 17.4. The first-order valence-corrected chi connectivity index (χ1v) is 10.6. The molecule has 0 spiro atoms. The van der Waals surface area contributed by atoms with E-state index in [-0.39, 0.29) is 17.6 Å². The average Bonchev–Trinajstić information content (AvgIpc) is 2.79. The van der Waals surface area contributed by atoms with E-state index in [0.717, 1.165) is 17.4 Å². The van der Waals surface area contributed by atoms with Gasteiger partial charge in [0.15, 0.2) is 0 Å². The topological polar surface area (TPSA) is 51.5 Å². The minimum atomic E-state index is -0.137. The Morgan fingerprint density at radius 3 is 2.50 bits per heavy atom. The molecule has 2 aromatic carbocycles. The molecule has 0 saturated carbocycles. The largest absolute Gasteiger partial charge is 0.370 e. The minimum absolute atomic E-state index is 0.0352. The van der Waals surface area contributed by atoms with Crippen LogP contribution in [-0.4, -0.2) is 35.1 Å². The maximum absolute atomic E-state index is 13.5. The molecule has 2 heterocycles. The van der Waals surface area contributed by atoms with Gasteiger partial charge in [0.25, 0.3) is 11.5 Å². The highest BCUT2D eigenvalue weighted by Gasteiger charge is 2.27. The van der Waals surface area contributed by atoms with Gasteiger partial charge in [0.2, 0.25) is 0 Å². The highest BCUT2D eigenvalue weighted by molar-refractivity contribution is 6.06. The molecule has 5 nitrogen and oxygen atoms in total. The van der Waals surface area contributed by atoms with Crippen LogP contribution in [0.4, 0.5) is 0 Å². The zero-order valence-corrected chi connectivity index (χ0v) is 17.6.